The molecule has 0 aliphatic carbocycles. The lowest BCUT2D eigenvalue weighted by Crippen LogP contribution is -2.13. The predicted octanol–water partition coefficient (Wildman–Crippen LogP) is 4.21. The minimum Gasteiger partial charge on any atom is -0.375 e. The van der Waals surface area contributed by atoms with E-state index in [0.717, 1.165) is 5.69 Å². The summed E-state index contributed by atoms with van der Waals surface area (Å²) in [6.45, 7) is 0. The van der Waals surface area contributed by atoms with E-state index in [9.17, 15) is 4.79 Å². The zero-order valence-electron chi connectivity index (χ0n) is 11.2. The number of nitrogens with one attached hydrogen (secondary N) is 1. The van der Waals surface area contributed by atoms with Crippen LogP contribution in [-0.2, 0) is 0 Å². The van der Waals surface area contributed by atoms with Gasteiger partial charge in [-0.05, 0) is 34.1 Å². The Morgan fingerprint density at radius 3 is 2.57 bits per heavy atom. The second-order valence-electron chi connectivity index (χ2n) is 4.82. The van der Waals surface area contributed by atoms with Crippen LogP contribution in [0.5, 0.6) is 0 Å². The molecule has 0 bridgehead atoms. The summed E-state index contributed by atoms with van der Waals surface area (Å²) in [5, 5.41) is 1.96. The maximum atomic E-state index is 12.6. The molecule has 0 radical (unpaired) electrons. The first-order chi connectivity index (χ1) is 9.90. The molecule has 1 aromatic carbocycles. The van der Waals surface area contributed by atoms with E-state index in [1.807, 2.05) is 19.0 Å². The predicted molar refractivity (Wildman–Crippen MR) is 91.9 cm³/mol. The molecule has 4 nitrogen and oxygen atoms in total. The molecule has 0 fully saturated rings. The number of benzene rings is 1. The number of hydrogen-bond acceptors (Lipinski definition) is 3. The first kappa shape index (κ1) is 14.6. The van der Waals surface area contributed by atoms with Crippen LogP contribution in [0.15, 0.2) is 27.6 Å². The number of aromatic amines is 1. The molecule has 0 atom stereocenters. The molecule has 108 valence electrons. The van der Waals surface area contributed by atoms with Crippen molar-refractivity contribution in [2.75, 3.05) is 19.0 Å². The first-order valence-electron chi connectivity index (χ1n) is 6.07. The fraction of sp³-hybridized carbons (Fsp3) is 0.143. The number of nitrogens with zero attached hydrogens (tertiary/aromatic N) is 2. The first-order valence-corrected chi connectivity index (χ1v) is 7.62. The molecule has 1 N–H and O–H groups in total. The van der Waals surface area contributed by atoms with Crippen LogP contribution in [0.25, 0.3) is 21.9 Å². The van der Waals surface area contributed by atoms with Crippen molar-refractivity contribution in [2.45, 2.75) is 0 Å². The van der Waals surface area contributed by atoms with Gasteiger partial charge in [0.2, 0.25) is 0 Å². The van der Waals surface area contributed by atoms with Crippen molar-refractivity contribution in [2.24, 2.45) is 0 Å². The van der Waals surface area contributed by atoms with Crippen LogP contribution < -0.4 is 10.3 Å². The smallest absolute Gasteiger partial charge is 0.198 e. The van der Waals surface area contributed by atoms with E-state index in [2.05, 4.69) is 25.9 Å². The Labute approximate surface area is 138 Å². The van der Waals surface area contributed by atoms with Gasteiger partial charge in [-0.25, -0.2) is 4.98 Å². The SMILES string of the molecule is CN(C)c1c(Cl)ccc2c(=O)c3cc(Cl)c(Br)nc3[nH]c12. The van der Waals surface area contributed by atoms with E-state index in [1.54, 1.807) is 18.2 Å². The Morgan fingerprint density at radius 2 is 1.90 bits per heavy atom. The van der Waals surface area contributed by atoms with E-state index in [4.69, 9.17) is 23.2 Å². The van der Waals surface area contributed by atoms with Crippen LogP contribution in [0.3, 0.4) is 0 Å². The summed E-state index contributed by atoms with van der Waals surface area (Å²) in [4.78, 5) is 22.0. The third kappa shape index (κ3) is 2.29. The molecule has 2 heterocycles. The van der Waals surface area contributed by atoms with Gasteiger partial charge in [0.1, 0.15) is 10.3 Å². The molecule has 0 spiro atoms. The number of pyridine rings is 2. The van der Waals surface area contributed by atoms with E-state index >= 15 is 0 Å². The zero-order chi connectivity index (χ0) is 15.3. The lowest BCUT2D eigenvalue weighted by atomic mass is 10.1. The number of H-pyrrole nitrogens is 1. The normalized spacial score (nSPS) is 11.3. The fourth-order valence-corrected chi connectivity index (χ4v) is 3.09. The van der Waals surface area contributed by atoms with Crippen LogP contribution in [0, 0.1) is 0 Å². The quantitative estimate of drug-likeness (QED) is 0.503. The number of hydrogen-bond donors (Lipinski definition) is 1. The van der Waals surface area contributed by atoms with Crippen molar-refractivity contribution in [1.82, 2.24) is 9.97 Å². The van der Waals surface area contributed by atoms with Crippen molar-refractivity contribution in [3.05, 3.63) is 43.1 Å². The molecule has 7 heteroatoms. The van der Waals surface area contributed by atoms with E-state index in [1.165, 1.54) is 0 Å². The van der Waals surface area contributed by atoms with Gasteiger partial charge in [-0.15, -0.1) is 0 Å². The van der Waals surface area contributed by atoms with Crippen LogP contribution >= 0.6 is 39.1 Å². The highest BCUT2D eigenvalue weighted by Gasteiger charge is 2.15. The third-order valence-corrected chi connectivity index (χ3v) is 4.67. The molecular formula is C14H10BrCl2N3O. The molecule has 2 aromatic heterocycles. The molecule has 0 saturated heterocycles. The van der Waals surface area contributed by atoms with E-state index in [0.29, 0.717) is 36.6 Å². The van der Waals surface area contributed by atoms with Crippen molar-refractivity contribution in [3.63, 3.8) is 0 Å². The number of aromatic nitrogens is 2. The Morgan fingerprint density at radius 1 is 1.19 bits per heavy atom. The minimum absolute atomic E-state index is 0.125. The van der Waals surface area contributed by atoms with E-state index < -0.39 is 0 Å². The number of rotatable bonds is 1. The molecule has 3 rings (SSSR count). The highest BCUT2D eigenvalue weighted by Crippen LogP contribution is 2.32. The van der Waals surface area contributed by atoms with Gasteiger partial charge >= 0.3 is 0 Å². The van der Waals surface area contributed by atoms with Crippen molar-refractivity contribution in [1.29, 1.82) is 0 Å². The molecule has 0 aliphatic heterocycles. The van der Waals surface area contributed by atoms with Crippen molar-refractivity contribution in [3.8, 4) is 0 Å². The summed E-state index contributed by atoms with van der Waals surface area (Å²) in [7, 11) is 3.74. The maximum absolute atomic E-state index is 12.6. The second-order valence-corrected chi connectivity index (χ2v) is 6.39. The maximum Gasteiger partial charge on any atom is 0.198 e. The molecule has 0 amide bonds. The van der Waals surface area contributed by atoms with Gasteiger partial charge in [0, 0.05) is 19.5 Å². The largest absolute Gasteiger partial charge is 0.375 e. The molecule has 3 aromatic rings. The number of halogens is 3. The van der Waals surface area contributed by atoms with Gasteiger partial charge in [-0.3, -0.25) is 4.79 Å². The van der Waals surface area contributed by atoms with Gasteiger partial charge in [0.05, 0.1) is 26.6 Å². The Hall–Kier alpha value is -1.30. The summed E-state index contributed by atoms with van der Waals surface area (Å²) >= 11 is 15.5. The molecule has 21 heavy (non-hydrogen) atoms. The lowest BCUT2D eigenvalue weighted by molar-refractivity contribution is 1.13. The third-order valence-electron chi connectivity index (χ3n) is 3.24. The average molecular weight is 387 g/mol. The molecule has 0 aliphatic rings. The Balaban J connectivity index is 2.57. The van der Waals surface area contributed by atoms with Crippen LogP contribution in [0.1, 0.15) is 0 Å². The van der Waals surface area contributed by atoms with Crippen molar-refractivity contribution >= 4 is 66.8 Å². The molecule has 0 saturated carbocycles. The fourth-order valence-electron chi connectivity index (χ4n) is 2.32. The van der Waals surface area contributed by atoms with Gasteiger partial charge in [0.25, 0.3) is 0 Å². The minimum atomic E-state index is -0.125. The number of anilines is 1. The zero-order valence-corrected chi connectivity index (χ0v) is 14.3. The van der Waals surface area contributed by atoms with Crippen LogP contribution in [0.4, 0.5) is 5.69 Å². The van der Waals surface area contributed by atoms with Crippen molar-refractivity contribution < 1.29 is 0 Å². The van der Waals surface area contributed by atoms with Gasteiger partial charge in [-0.2, -0.15) is 0 Å². The highest BCUT2D eigenvalue weighted by atomic mass is 79.9. The molecule has 0 unspecified atom stereocenters. The Bertz CT molecular complexity index is 937. The van der Waals surface area contributed by atoms with Crippen LogP contribution in [-0.4, -0.2) is 24.1 Å². The van der Waals surface area contributed by atoms with Gasteiger partial charge < -0.3 is 9.88 Å². The topological polar surface area (TPSA) is 49.0 Å². The summed E-state index contributed by atoms with van der Waals surface area (Å²) in [6.07, 6.45) is 0. The van der Waals surface area contributed by atoms with E-state index in [-0.39, 0.29) is 5.43 Å². The summed E-state index contributed by atoms with van der Waals surface area (Å²) in [5.41, 5.74) is 1.75. The summed E-state index contributed by atoms with van der Waals surface area (Å²) < 4.78 is 0.486. The second kappa shape index (κ2) is 5.16. The summed E-state index contributed by atoms with van der Waals surface area (Å²) in [5.74, 6) is 0. The summed E-state index contributed by atoms with van der Waals surface area (Å²) in [6, 6.07) is 5.03. The average Bonchev–Trinajstić information content (AvgIpc) is 2.40. The standard InChI is InChI=1S/C14H10BrCl2N3O/c1-20(2)11-8(16)4-3-6-10(11)18-14-7(12(6)21)5-9(17)13(15)19-14/h3-5H,1-2H3,(H,18,19,21). The van der Waals surface area contributed by atoms with Gasteiger partial charge in [-0.1, -0.05) is 23.2 Å². The lowest BCUT2D eigenvalue weighted by Gasteiger charge is -2.17. The van der Waals surface area contributed by atoms with Crippen LogP contribution in [0.2, 0.25) is 10.0 Å². The number of fused-ring (bicyclic) bond motifs is 2. The molecular weight excluding hydrogens is 377 g/mol. The monoisotopic (exact) mass is 385 g/mol. The Kier molecular flexibility index (Phi) is 3.59. The van der Waals surface area contributed by atoms with Gasteiger partial charge in [0.15, 0.2) is 5.43 Å². The highest BCUT2D eigenvalue weighted by molar-refractivity contribution is 9.10.